The highest BCUT2D eigenvalue weighted by Gasteiger charge is 2.37. The minimum atomic E-state index is -4.80. The summed E-state index contributed by atoms with van der Waals surface area (Å²) in [6.07, 6.45) is -3.41. The second-order valence-corrected chi connectivity index (χ2v) is 7.06. The van der Waals surface area contributed by atoms with Crippen LogP contribution in [0.15, 0.2) is 60.8 Å². The van der Waals surface area contributed by atoms with Crippen molar-refractivity contribution in [2.45, 2.75) is 19.1 Å². The molecule has 172 valence electrons. The molecular weight excluding hydrogens is 435 g/mol. The van der Waals surface area contributed by atoms with Crippen LogP contribution in [0.1, 0.15) is 35.3 Å². The molecule has 33 heavy (non-hydrogen) atoms. The number of rotatable bonds is 8. The van der Waals surface area contributed by atoms with Crippen molar-refractivity contribution in [2.24, 2.45) is 0 Å². The summed E-state index contributed by atoms with van der Waals surface area (Å²) >= 11 is 0. The van der Waals surface area contributed by atoms with Crippen LogP contribution >= 0.6 is 0 Å². The number of pyridine rings is 2. The third kappa shape index (κ3) is 5.85. The molecule has 2 aromatic heterocycles. The number of hydrogen-bond donors (Lipinski definition) is 3. The Morgan fingerprint density at radius 2 is 1.85 bits per heavy atom. The number of alkyl halides is 3. The van der Waals surface area contributed by atoms with Crippen LogP contribution in [0.2, 0.25) is 0 Å². The lowest BCUT2D eigenvalue weighted by Gasteiger charge is -2.19. The van der Waals surface area contributed by atoms with Gasteiger partial charge >= 0.3 is 6.18 Å². The number of anilines is 1. The predicted octanol–water partition coefficient (Wildman–Crippen LogP) is 4.21. The van der Waals surface area contributed by atoms with Crippen molar-refractivity contribution < 1.29 is 22.7 Å². The smallest absolute Gasteiger partial charge is 0.417 e. The highest BCUT2D eigenvalue weighted by Crippen LogP contribution is 2.37. The van der Waals surface area contributed by atoms with Crippen LogP contribution in [0.5, 0.6) is 5.88 Å². The van der Waals surface area contributed by atoms with E-state index < -0.39 is 41.4 Å². The van der Waals surface area contributed by atoms with E-state index in [1.165, 1.54) is 19.3 Å². The van der Waals surface area contributed by atoms with E-state index in [0.29, 0.717) is 6.07 Å². The number of ether oxygens (including phenoxy) is 1. The summed E-state index contributed by atoms with van der Waals surface area (Å²) in [6.45, 7) is 1.26. The van der Waals surface area contributed by atoms with Gasteiger partial charge in [-0.15, -0.1) is 0 Å². The molecule has 0 spiro atoms. The number of amides is 1. The summed E-state index contributed by atoms with van der Waals surface area (Å²) in [7, 11) is 1.38. The zero-order chi connectivity index (χ0) is 24.0. The number of halogens is 3. The summed E-state index contributed by atoms with van der Waals surface area (Å²) in [6, 6.07) is 14.2. The molecule has 3 N–H and O–H groups in total. The minimum absolute atomic E-state index is 0.0595. The fourth-order valence-electron chi connectivity index (χ4n) is 3.14. The average Bonchev–Trinajstić information content (AvgIpc) is 2.82. The van der Waals surface area contributed by atoms with E-state index in [2.05, 4.69) is 20.6 Å². The first-order chi connectivity index (χ1) is 15.7. The van der Waals surface area contributed by atoms with Crippen LogP contribution in [0.25, 0.3) is 0 Å². The van der Waals surface area contributed by atoms with E-state index in [-0.39, 0.29) is 17.6 Å². The lowest BCUT2D eigenvalue weighted by Crippen LogP contribution is -2.31. The normalized spacial score (nSPS) is 12.0. The van der Waals surface area contributed by atoms with Crippen LogP contribution < -0.4 is 15.4 Å². The molecule has 3 aromatic rings. The summed E-state index contributed by atoms with van der Waals surface area (Å²) in [5.41, 5.74) is -1.09. The monoisotopic (exact) mass is 457 g/mol. The van der Waals surface area contributed by atoms with Crippen molar-refractivity contribution in [3.05, 3.63) is 83.2 Å². The summed E-state index contributed by atoms with van der Waals surface area (Å²) in [4.78, 5) is 20.2. The van der Waals surface area contributed by atoms with E-state index in [1.807, 2.05) is 30.3 Å². The Morgan fingerprint density at radius 3 is 2.45 bits per heavy atom. The molecule has 0 radical (unpaired) electrons. The minimum Gasteiger partial charge on any atom is -0.467 e. The fraction of sp³-hybridized carbons (Fsp3) is 0.217. The first-order valence-corrected chi connectivity index (χ1v) is 9.98. The van der Waals surface area contributed by atoms with Crippen molar-refractivity contribution in [1.82, 2.24) is 15.3 Å². The maximum Gasteiger partial charge on any atom is 0.417 e. The molecule has 2 heterocycles. The molecule has 1 unspecified atom stereocenters. The van der Waals surface area contributed by atoms with E-state index in [1.54, 1.807) is 19.1 Å². The molecule has 0 aliphatic rings. The quantitative estimate of drug-likeness (QED) is 0.440. The van der Waals surface area contributed by atoms with Gasteiger partial charge in [-0.1, -0.05) is 36.4 Å². The van der Waals surface area contributed by atoms with Crippen molar-refractivity contribution in [2.75, 3.05) is 19.0 Å². The van der Waals surface area contributed by atoms with Gasteiger partial charge in [0.2, 0.25) is 5.88 Å². The Labute approximate surface area is 188 Å². The van der Waals surface area contributed by atoms with Gasteiger partial charge < -0.3 is 15.4 Å². The zero-order valence-electron chi connectivity index (χ0n) is 17.9. The van der Waals surface area contributed by atoms with Gasteiger partial charge in [0, 0.05) is 19.3 Å². The summed E-state index contributed by atoms with van der Waals surface area (Å²) in [5, 5.41) is 13.6. The molecule has 0 aliphatic carbocycles. The molecule has 0 saturated heterocycles. The second kappa shape index (κ2) is 10.1. The number of hydrogen-bond acceptors (Lipinski definition) is 6. The number of benzene rings is 1. The van der Waals surface area contributed by atoms with E-state index in [4.69, 9.17) is 10.1 Å². The van der Waals surface area contributed by atoms with E-state index in [9.17, 15) is 18.0 Å². The third-order valence-electron chi connectivity index (χ3n) is 4.74. The molecule has 0 aliphatic heterocycles. The molecule has 7 nitrogen and oxygen atoms in total. The second-order valence-electron chi connectivity index (χ2n) is 7.06. The highest BCUT2D eigenvalue weighted by atomic mass is 19.4. The molecule has 1 amide bonds. The maximum atomic E-state index is 13.9. The molecular formula is C23H22F3N5O2. The van der Waals surface area contributed by atoms with Gasteiger partial charge in [0.15, 0.2) is 6.61 Å². The molecule has 1 atom stereocenters. The third-order valence-corrected chi connectivity index (χ3v) is 4.74. The van der Waals surface area contributed by atoms with E-state index in [0.717, 1.165) is 5.56 Å². The van der Waals surface area contributed by atoms with Crippen molar-refractivity contribution in [3.8, 4) is 5.88 Å². The highest BCUT2D eigenvalue weighted by molar-refractivity contribution is 6.13. The SMILES string of the molecule is CNc1nc(OCC(=O)NC(C)c2ccccc2)cc(C(F)(F)F)c1C(=N)c1ccccn1. The largest absolute Gasteiger partial charge is 0.467 e. The number of nitrogens with zero attached hydrogens (tertiary/aromatic N) is 2. The fourth-order valence-corrected chi connectivity index (χ4v) is 3.14. The van der Waals surface area contributed by atoms with Gasteiger partial charge in [-0.25, -0.2) is 0 Å². The maximum absolute atomic E-state index is 13.9. The average molecular weight is 457 g/mol. The Balaban J connectivity index is 1.83. The number of carbonyl (C=O) groups excluding carboxylic acids is 1. The standard InChI is InChI=1S/C23H22F3N5O2/c1-14(15-8-4-3-5-9-15)30-18(32)13-33-19-12-16(23(24,25)26)20(22(28-2)31-19)21(27)17-10-6-7-11-29-17/h3-12,14,27H,13H2,1-2H3,(H,28,31)(H,30,32). The van der Waals surface area contributed by atoms with Gasteiger partial charge in [0.1, 0.15) is 5.82 Å². The van der Waals surface area contributed by atoms with Gasteiger partial charge in [-0.05, 0) is 24.6 Å². The van der Waals surface area contributed by atoms with Gasteiger partial charge in [-0.3, -0.25) is 15.2 Å². The topological polar surface area (TPSA) is 100.0 Å². The zero-order valence-corrected chi connectivity index (χ0v) is 17.9. The van der Waals surface area contributed by atoms with Crippen molar-refractivity contribution in [1.29, 1.82) is 5.41 Å². The lowest BCUT2D eigenvalue weighted by atomic mass is 10.0. The Kier molecular flexibility index (Phi) is 7.27. The lowest BCUT2D eigenvalue weighted by molar-refractivity contribution is -0.137. The molecule has 10 heteroatoms. The number of carbonyl (C=O) groups is 1. The van der Waals surface area contributed by atoms with Crippen LogP contribution in [-0.2, 0) is 11.0 Å². The Bertz CT molecular complexity index is 1120. The van der Waals surface area contributed by atoms with Crippen LogP contribution in [0.3, 0.4) is 0 Å². The first-order valence-electron chi connectivity index (χ1n) is 9.98. The van der Waals surface area contributed by atoms with Gasteiger partial charge in [0.05, 0.1) is 28.6 Å². The van der Waals surface area contributed by atoms with Crippen LogP contribution in [0.4, 0.5) is 19.0 Å². The molecule has 0 bridgehead atoms. The molecule has 0 saturated carbocycles. The molecule has 3 rings (SSSR count). The van der Waals surface area contributed by atoms with Crippen molar-refractivity contribution >= 4 is 17.4 Å². The predicted molar refractivity (Wildman–Crippen MR) is 117 cm³/mol. The van der Waals surface area contributed by atoms with Gasteiger partial charge in [-0.2, -0.15) is 18.2 Å². The summed E-state index contributed by atoms with van der Waals surface area (Å²) in [5.74, 6) is -1.13. The van der Waals surface area contributed by atoms with E-state index >= 15 is 0 Å². The first kappa shape index (κ1) is 23.7. The van der Waals surface area contributed by atoms with Crippen LogP contribution in [-0.4, -0.2) is 35.2 Å². The number of aromatic nitrogens is 2. The van der Waals surface area contributed by atoms with Crippen molar-refractivity contribution in [3.63, 3.8) is 0 Å². The van der Waals surface area contributed by atoms with Crippen LogP contribution in [0, 0.1) is 5.41 Å². The molecule has 0 fully saturated rings. The summed E-state index contributed by atoms with van der Waals surface area (Å²) < 4.78 is 46.9. The Morgan fingerprint density at radius 1 is 1.15 bits per heavy atom. The Hall–Kier alpha value is -3.95. The number of nitrogens with one attached hydrogen (secondary N) is 3. The molecule has 1 aromatic carbocycles. The van der Waals surface area contributed by atoms with Gasteiger partial charge in [0.25, 0.3) is 5.91 Å².